The smallest absolute Gasteiger partial charge is 0.222 e. The fourth-order valence-corrected chi connectivity index (χ4v) is 1.54. The number of carbonyl (C=O) groups excluding carboxylic acids is 1. The Labute approximate surface area is 102 Å². The fourth-order valence-electron chi connectivity index (χ4n) is 1.54. The van der Waals surface area contributed by atoms with Crippen LogP contribution < -0.4 is 5.73 Å². The SMILES string of the molecule is COCCCC(=O)N(C)Cc1ccc(N)cc1. The Hall–Kier alpha value is -1.55. The van der Waals surface area contributed by atoms with Gasteiger partial charge in [0.05, 0.1) is 0 Å². The second kappa shape index (κ2) is 6.91. The average Bonchev–Trinajstić information content (AvgIpc) is 2.32. The second-order valence-corrected chi connectivity index (χ2v) is 4.09. The van der Waals surface area contributed by atoms with E-state index in [0.29, 0.717) is 19.6 Å². The van der Waals surface area contributed by atoms with Crippen LogP contribution in [0.1, 0.15) is 18.4 Å². The maximum absolute atomic E-state index is 11.7. The molecule has 0 spiro atoms. The molecule has 4 nitrogen and oxygen atoms in total. The number of rotatable bonds is 6. The molecule has 0 aliphatic rings. The number of anilines is 1. The highest BCUT2D eigenvalue weighted by molar-refractivity contribution is 5.75. The maximum Gasteiger partial charge on any atom is 0.222 e. The molecule has 17 heavy (non-hydrogen) atoms. The summed E-state index contributed by atoms with van der Waals surface area (Å²) in [5.41, 5.74) is 7.43. The minimum absolute atomic E-state index is 0.138. The molecule has 94 valence electrons. The van der Waals surface area contributed by atoms with Crippen molar-refractivity contribution in [1.82, 2.24) is 4.90 Å². The number of carbonyl (C=O) groups is 1. The van der Waals surface area contributed by atoms with Crippen LogP contribution in [0.3, 0.4) is 0 Å². The van der Waals surface area contributed by atoms with Gasteiger partial charge in [0.1, 0.15) is 0 Å². The molecular formula is C13H20N2O2. The van der Waals surface area contributed by atoms with Crippen LogP contribution >= 0.6 is 0 Å². The van der Waals surface area contributed by atoms with E-state index < -0.39 is 0 Å². The normalized spacial score (nSPS) is 10.2. The molecule has 0 saturated carbocycles. The summed E-state index contributed by atoms with van der Waals surface area (Å²) in [4.78, 5) is 13.5. The van der Waals surface area contributed by atoms with Gasteiger partial charge >= 0.3 is 0 Å². The van der Waals surface area contributed by atoms with Crippen molar-refractivity contribution in [3.63, 3.8) is 0 Å². The quantitative estimate of drug-likeness (QED) is 0.603. The average molecular weight is 236 g/mol. The number of hydrogen-bond donors (Lipinski definition) is 1. The number of benzene rings is 1. The molecule has 1 aromatic rings. The predicted molar refractivity (Wildman–Crippen MR) is 68.4 cm³/mol. The summed E-state index contributed by atoms with van der Waals surface area (Å²) in [6, 6.07) is 7.57. The van der Waals surface area contributed by atoms with E-state index in [0.717, 1.165) is 17.7 Å². The van der Waals surface area contributed by atoms with Gasteiger partial charge in [-0.2, -0.15) is 0 Å². The molecule has 0 aromatic heterocycles. The lowest BCUT2D eigenvalue weighted by atomic mass is 10.2. The topological polar surface area (TPSA) is 55.6 Å². The molecule has 0 aliphatic carbocycles. The van der Waals surface area contributed by atoms with Crippen LogP contribution in [-0.4, -0.2) is 31.6 Å². The van der Waals surface area contributed by atoms with Gasteiger partial charge in [0.15, 0.2) is 0 Å². The van der Waals surface area contributed by atoms with Crippen molar-refractivity contribution in [3.8, 4) is 0 Å². The first-order valence-corrected chi connectivity index (χ1v) is 5.71. The Morgan fingerprint density at radius 3 is 2.59 bits per heavy atom. The van der Waals surface area contributed by atoms with E-state index in [4.69, 9.17) is 10.5 Å². The largest absolute Gasteiger partial charge is 0.399 e. The number of amides is 1. The molecule has 1 amide bonds. The van der Waals surface area contributed by atoms with Crippen LogP contribution in [0.15, 0.2) is 24.3 Å². The van der Waals surface area contributed by atoms with E-state index in [1.165, 1.54) is 0 Å². The second-order valence-electron chi connectivity index (χ2n) is 4.09. The minimum atomic E-state index is 0.138. The zero-order valence-electron chi connectivity index (χ0n) is 10.5. The van der Waals surface area contributed by atoms with Crippen molar-refractivity contribution < 1.29 is 9.53 Å². The van der Waals surface area contributed by atoms with Crippen LogP contribution in [0.5, 0.6) is 0 Å². The van der Waals surface area contributed by atoms with Crippen LogP contribution in [-0.2, 0) is 16.1 Å². The lowest BCUT2D eigenvalue weighted by molar-refractivity contribution is -0.130. The van der Waals surface area contributed by atoms with Crippen LogP contribution in [0, 0.1) is 0 Å². The maximum atomic E-state index is 11.7. The van der Waals surface area contributed by atoms with E-state index in [1.54, 1.807) is 12.0 Å². The van der Waals surface area contributed by atoms with Gasteiger partial charge in [-0.25, -0.2) is 0 Å². The highest BCUT2D eigenvalue weighted by Crippen LogP contribution is 2.08. The summed E-state index contributed by atoms with van der Waals surface area (Å²) in [6.07, 6.45) is 1.29. The lowest BCUT2D eigenvalue weighted by Crippen LogP contribution is -2.26. The van der Waals surface area contributed by atoms with Gasteiger partial charge < -0.3 is 15.4 Å². The van der Waals surface area contributed by atoms with Crippen LogP contribution in [0.25, 0.3) is 0 Å². The summed E-state index contributed by atoms with van der Waals surface area (Å²) >= 11 is 0. The molecule has 0 radical (unpaired) electrons. The summed E-state index contributed by atoms with van der Waals surface area (Å²) in [5, 5.41) is 0. The monoisotopic (exact) mass is 236 g/mol. The molecule has 0 heterocycles. The summed E-state index contributed by atoms with van der Waals surface area (Å²) in [5.74, 6) is 0.138. The van der Waals surface area contributed by atoms with Gasteiger partial charge in [-0.05, 0) is 24.1 Å². The van der Waals surface area contributed by atoms with Crippen LogP contribution in [0.4, 0.5) is 5.69 Å². The number of nitrogens with two attached hydrogens (primary N) is 1. The first-order valence-electron chi connectivity index (χ1n) is 5.71. The third kappa shape index (κ3) is 4.87. The van der Waals surface area contributed by atoms with E-state index in [-0.39, 0.29) is 5.91 Å². The zero-order valence-corrected chi connectivity index (χ0v) is 10.5. The zero-order chi connectivity index (χ0) is 12.7. The fraction of sp³-hybridized carbons (Fsp3) is 0.462. The Morgan fingerprint density at radius 2 is 2.00 bits per heavy atom. The molecule has 0 bridgehead atoms. The highest BCUT2D eigenvalue weighted by Gasteiger charge is 2.08. The van der Waals surface area contributed by atoms with Crippen molar-refractivity contribution in [1.29, 1.82) is 0 Å². The van der Waals surface area contributed by atoms with E-state index in [1.807, 2.05) is 31.3 Å². The van der Waals surface area contributed by atoms with E-state index in [9.17, 15) is 4.79 Å². The summed E-state index contributed by atoms with van der Waals surface area (Å²) in [7, 11) is 3.45. The highest BCUT2D eigenvalue weighted by atomic mass is 16.5. The molecule has 0 fully saturated rings. The molecule has 4 heteroatoms. The van der Waals surface area contributed by atoms with Gasteiger partial charge in [-0.1, -0.05) is 12.1 Å². The third-order valence-electron chi connectivity index (χ3n) is 2.56. The van der Waals surface area contributed by atoms with E-state index >= 15 is 0 Å². The predicted octanol–water partition coefficient (Wildman–Crippen LogP) is 1.65. The molecule has 0 aliphatic heterocycles. The number of nitrogen functional groups attached to an aromatic ring is 1. The Kier molecular flexibility index (Phi) is 5.49. The molecule has 2 N–H and O–H groups in total. The van der Waals surface area contributed by atoms with Crippen molar-refractivity contribution in [3.05, 3.63) is 29.8 Å². The molecular weight excluding hydrogens is 216 g/mol. The standard InChI is InChI=1S/C13H20N2O2/c1-15(13(16)4-3-9-17-2)10-11-5-7-12(14)8-6-11/h5-8H,3-4,9-10,14H2,1-2H3. The molecule has 1 aromatic carbocycles. The van der Waals surface area contributed by atoms with Gasteiger partial charge in [0, 0.05) is 39.4 Å². The minimum Gasteiger partial charge on any atom is -0.399 e. The molecule has 0 saturated heterocycles. The first kappa shape index (κ1) is 13.5. The van der Waals surface area contributed by atoms with Gasteiger partial charge in [-0.3, -0.25) is 4.79 Å². The van der Waals surface area contributed by atoms with Gasteiger partial charge in [-0.15, -0.1) is 0 Å². The van der Waals surface area contributed by atoms with Crippen molar-refractivity contribution in [2.24, 2.45) is 0 Å². The Bertz CT molecular complexity index is 349. The lowest BCUT2D eigenvalue weighted by Gasteiger charge is -2.17. The van der Waals surface area contributed by atoms with Crippen molar-refractivity contribution in [2.75, 3.05) is 26.5 Å². The van der Waals surface area contributed by atoms with Crippen molar-refractivity contribution >= 4 is 11.6 Å². The molecule has 0 atom stereocenters. The van der Waals surface area contributed by atoms with Crippen LogP contribution in [0.2, 0.25) is 0 Å². The number of nitrogens with zero attached hydrogens (tertiary/aromatic N) is 1. The Balaban J connectivity index is 2.40. The van der Waals surface area contributed by atoms with E-state index in [2.05, 4.69) is 0 Å². The summed E-state index contributed by atoms with van der Waals surface area (Å²) < 4.78 is 4.92. The molecule has 1 rings (SSSR count). The Morgan fingerprint density at radius 1 is 1.35 bits per heavy atom. The van der Waals surface area contributed by atoms with Gasteiger partial charge in [0.25, 0.3) is 0 Å². The number of ether oxygens (including phenoxy) is 1. The third-order valence-corrected chi connectivity index (χ3v) is 2.56. The number of methoxy groups -OCH3 is 1. The van der Waals surface area contributed by atoms with Gasteiger partial charge in [0.2, 0.25) is 5.91 Å². The molecule has 0 unspecified atom stereocenters. The van der Waals surface area contributed by atoms with Crippen molar-refractivity contribution in [2.45, 2.75) is 19.4 Å². The first-order chi connectivity index (χ1) is 8.13. The number of hydrogen-bond acceptors (Lipinski definition) is 3. The summed E-state index contributed by atoms with van der Waals surface area (Å²) in [6.45, 7) is 1.24.